The lowest BCUT2D eigenvalue weighted by Gasteiger charge is -2.14. The minimum absolute atomic E-state index is 0.379. The third kappa shape index (κ3) is 4.38. The van der Waals surface area contributed by atoms with Crippen molar-refractivity contribution in [1.29, 1.82) is 0 Å². The molecule has 0 aromatic carbocycles. The van der Waals surface area contributed by atoms with E-state index in [2.05, 4.69) is 22.2 Å². The molecular formula is C12H21N3. The van der Waals surface area contributed by atoms with Crippen LogP contribution >= 0.6 is 0 Å². The fraction of sp³-hybridized carbons (Fsp3) is 0.667. The Morgan fingerprint density at radius 2 is 2.20 bits per heavy atom. The normalized spacial score (nSPS) is 12.7. The van der Waals surface area contributed by atoms with Crippen LogP contribution in [0.5, 0.6) is 0 Å². The van der Waals surface area contributed by atoms with Crippen molar-refractivity contribution < 1.29 is 0 Å². The molecule has 0 bridgehead atoms. The SMILES string of the molecule is CCCCCCC(NC)c1ccncn1. The number of rotatable bonds is 7. The highest BCUT2D eigenvalue weighted by molar-refractivity contribution is 5.04. The summed E-state index contributed by atoms with van der Waals surface area (Å²) in [6.07, 6.45) is 9.79. The van der Waals surface area contributed by atoms with Crippen LogP contribution in [0.15, 0.2) is 18.6 Å². The van der Waals surface area contributed by atoms with Gasteiger partial charge in [-0.3, -0.25) is 0 Å². The summed E-state index contributed by atoms with van der Waals surface area (Å²) < 4.78 is 0. The second kappa shape index (κ2) is 7.35. The molecule has 0 saturated carbocycles. The maximum absolute atomic E-state index is 4.28. The molecule has 1 unspecified atom stereocenters. The molecule has 1 heterocycles. The first-order valence-electron chi connectivity index (χ1n) is 5.81. The molecule has 0 aliphatic rings. The summed E-state index contributed by atoms with van der Waals surface area (Å²) in [5.41, 5.74) is 1.10. The second-order valence-electron chi connectivity index (χ2n) is 3.82. The highest BCUT2D eigenvalue weighted by Gasteiger charge is 2.08. The van der Waals surface area contributed by atoms with E-state index in [9.17, 15) is 0 Å². The molecule has 0 aliphatic carbocycles. The molecular weight excluding hydrogens is 186 g/mol. The Labute approximate surface area is 92.3 Å². The van der Waals surface area contributed by atoms with Gasteiger partial charge in [0.1, 0.15) is 6.33 Å². The van der Waals surface area contributed by atoms with Crippen LogP contribution in [0.3, 0.4) is 0 Å². The van der Waals surface area contributed by atoms with Gasteiger partial charge in [0.05, 0.1) is 5.69 Å². The molecule has 0 amide bonds. The number of nitrogens with zero attached hydrogens (tertiary/aromatic N) is 2. The molecule has 3 nitrogen and oxygen atoms in total. The zero-order valence-electron chi connectivity index (χ0n) is 9.74. The second-order valence-corrected chi connectivity index (χ2v) is 3.82. The minimum atomic E-state index is 0.379. The maximum Gasteiger partial charge on any atom is 0.115 e. The average molecular weight is 207 g/mol. The highest BCUT2D eigenvalue weighted by atomic mass is 14.9. The number of aromatic nitrogens is 2. The van der Waals surface area contributed by atoms with Crippen molar-refractivity contribution in [3.05, 3.63) is 24.3 Å². The van der Waals surface area contributed by atoms with Crippen LogP contribution in [0.4, 0.5) is 0 Å². The summed E-state index contributed by atoms with van der Waals surface area (Å²) in [4.78, 5) is 8.21. The molecule has 0 radical (unpaired) electrons. The van der Waals surface area contributed by atoms with Gasteiger partial charge in [-0.1, -0.05) is 32.6 Å². The van der Waals surface area contributed by atoms with E-state index in [4.69, 9.17) is 0 Å². The lowest BCUT2D eigenvalue weighted by Crippen LogP contribution is -2.17. The molecule has 3 heteroatoms. The van der Waals surface area contributed by atoms with Gasteiger partial charge in [0.15, 0.2) is 0 Å². The predicted molar refractivity (Wildman–Crippen MR) is 62.6 cm³/mol. The van der Waals surface area contributed by atoms with Crippen molar-refractivity contribution in [3.8, 4) is 0 Å². The Morgan fingerprint density at radius 1 is 1.33 bits per heavy atom. The Kier molecular flexibility index (Phi) is 5.93. The van der Waals surface area contributed by atoms with Crippen molar-refractivity contribution >= 4 is 0 Å². The van der Waals surface area contributed by atoms with Crippen molar-refractivity contribution in [2.45, 2.75) is 45.1 Å². The number of hydrogen-bond donors (Lipinski definition) is 1. The first kappa shape index (κ1) is 12.1. The van der Waals surface area contributed by atoms with Crippen LogP contribution in [-0.2, 0) is 0 Å². The fourth-order valence-electron chi connectivity index (χ4n) is 1.72. The monoisotopic (exact) mass is 207 g/mol. The predicted octanol–water partition coefficient (Wildman–Crippen LogP) is 2.71. The van der Waals surface area contributed by atoms with E-state index in [1.54, 1.807) is 12.5 Å². The summed E-state index contributed by atoms with van der Waals surface area (Å²) in [6, 6.07) is 2.37. The quantitative estimate of drug-likeness (QED) is 0.699. The molecule has 1 aromatic heterocycles. The van der Waals surface area contributed by atoms with E-state index in [1.165, 1.54) is 25.7 Å². The third-order valence-electron chi connectivity index (χ3n) is 2.66. The largest absolute Gasteiger partial charge is 0.312 e. The minimum Gasteiger partial charge on any atom is -0.312 e. The van der Waals surface area contributed by atoms with Crippen LogP contribution < -0.4 is 5.32 Å². The van der Waals surface area contributed by atoms with E-state index in [0.29, 0.717) is 6.04 Å². The topological polar surface area (TPSA) is 37.8 Å². The summed E-state index contributed by atoms with van der Waals surface area (Å²) in [6.45, 7) is 2.24. The Balaban J connectivity index is 2.36. The molecule has 1 atom stereocenters. The van der Waals surface area contributed by atoms with Gasteiger partial charge in [0.25, 0.3) is 0 Å². The lowest BCUT2D eigenvalue weighted by molar-refractivity contribution is 0.495. The van der Waals surface area contributed by atoms with Gasteiger partial charge in [-0.25, -0.2) is 9.97 Å². The molecule has 0 saturated heterocycles. The zero-order valence-corrected chi connectivity index (χ0v) is 9.74. The van der Waals surface area contributed by atoms with Crippen LogP contribution in [0.2, 0.25) is 0 Å². The van der Waals surface area contributed by atoms with Crippen molar-refractivity contribution in [2.24, 2.45) is 0 Å². The van der Waals surface area contributed by atoms with E-state index < -0.39 is 0 Å². The first-order chi connectivity index (χ1) is 7.38. The van der Waals surface area contributed by atoms with Gasteiger partial charge in [0.2, 0.25) is 0 Å². The fourth-order valence-corrected chi connectivity index (χ4v) is 1.72. The number of unbranched alkanes of at least 4 members (excludes halogenated alkanes) is 3. The Morgan fingerprint density at radius 3 is 2.80 bits per heavy atom. The summed E-state index contributed by atoms with van der Waals surface area (Å²) in [5.74, 6) is 0. The van der Waals surface area contributed by atoms with Crippen LogP contribution in [0, 0.1) is 0 Å². The summed E-state index contributed by atoms with van der Waals surface area (Å²) >= 11 is 0. The molecule has 84 valence electrons. The molecule has 0 fully saturated rings. The van der Waals surface area contributed by atoms with Crippen LogP contribution in [0.25, 0.3) is 0 Å². The zero-order chi connectivity index (χ0) is 10.9. The summed E-state index contributed by atoms with van der Waals surface area (Å²) in [5, 5.41) is 3.30. The van der Waals surface area contributed by atoms with Crippen molar-refractivity contribution in [3.63, 3.8) is 0 Å². The molecule has 1 N–H and O–H groups in total. The highest BCUT2D eigenvalue weighted by Crippen LogP contribution is 2.16. The smallest absolute Gasteiger partial charge is 0.115 e. The molecule has 0 aliphatic heterocycles. The molecule has 0 spiro atoms. The maximum atomic E-state index is 4.28. The Hall–Kier alpha value is -0.960. The van der Waals surface area contributed by atoms with Gasteiger partial charge in [-0.15, -0.1) is 0 Å². The number of hydrogen-bond acceptors (Lipinski definition) is 3. The third-order valence-corrected chi connectivity index (χ3v) is 2.66. The van der Waals surface area contributed by atoms with E-state index in [1.807, 2.05) is 13.1 Å². The summed E-state index contributed by atoms with van der Waals surface area (Å²) in [7, 11) is 1.99. The molecule has 15 heavy (non-hydrogen) atoms. The van der Waals surface area contributed by atoms with E-state index in [0.717, 1.165) is 12.1 Å². The molecule has 1 rings (SSSR count). The van der Waals surface area contributed by atoms with Crippen LogP contribution in [-0.4, -0.2) is 17.0 Å². The number of nitrogens with one attached hydrogen (secondary N) is 1. The van der Waals surface area contributed by atoms with E-state index >= 15 is 0 Å². The van der Waals surface area contributed by atoms with Gasteiger partial charge in [0, 0.05) is 12.2 Å². The average Bonchev–Trinajstić information content (AvgIpc) is 2.30. The van der Waals surface area contributed by atoms with Gasteiger partial charge >= 0.3 is 0 Å². The van der Waals surface area contributed by atoms with Crippen molar-refractivity contribution in [1.82, 2.24) is 15.3 Å². The van der Waals surface area contributed by atoms with E-state index in [-0.39, 0.29) is 0 Å². The van der Waals surface area contributed by atoms with Gasteiger partial charge in [-0.2, -0.15) is 0 Å². The lowest BCUT2D eigenvalue weighted by atomic mass is 10.0. The van der Waals surface area contributed by atoms with Crippen LogP contribution in [0.1, 0.15) is 50.8 Å². The van der Waals surface area contributed by atoms with Gasteiger partial charge < -0.3 is 5.32 Å². The Bertz CT molecular complexity index is 248. The standard InChI is InChI=1S/C12H21N3/c1-3-4-5-6-7-11(13-2)12-8-9-14-10-15-12/h8-11,13H,3-7H2,1-2H3. The van der Waals surface area contributed by atoms with Gasteiger partial charge in [-0.05, 0) is 19.5 Å². The van der Waals surface area contributed by atoms with Crippen molar-refractivity contribution in [2.75, 3.05) is 7.05 Å². The first-order valence-corrected chi connectivity index (χ1v) is 5.81. The molecule has 1 aromatic rings.